The average Bonchev–Trinajstić information content (AvgIpc) is 2.55. The van der Waals surface area contributed by atoms with Crippen molar-refractivity contribution in [2.45, 2.75) is 40.0 Å². The molecule has 1 atom stereocenters. The summed E-state index contributed by atoms with van der Waals surface area (Å²) in [7, 11) is 0. The van der Waals surface area contributed by atoms with Crippen LogP contribution in [0.25, 0.3) is 10.8 Å². The summed E-state index contributed by atoms with van der Waals surface area (Å²) in [6, 6.07) is 10.5. The SMILES string of the molecule is CCCCOc1c(C)cc(OCC(C)CCBr)c2ccccc12. The van der Waals surface area contributed by atoms with Crippen LogP contribution in [0.4, 0.5) is 0 Å². The van der Waals surface area contributed by atoms with Gasteiger partial charge in [-0.05, 0) is 37.3 Å². The minimum atomic E-state index is 0.536. The van der Waals surface area contributed by atoms with E-state index in [-0.39, 0.29) is 0 Å². The highest BCUT2D eigenvalue weighted by molar-refractivity contribution is 9.09. The van der Waals surface area contributed by atoms with Gasteiger partial charge in [0.05, 0.1) is 13.2 Å². The van der Waals surface area contributed by atoms with Crippen LogP contribution in [-0.2, 0) is 0 Å². The number of hydrogen-bond donors (Lipinski definition) is 0. The van der Waals surface area contributed by atoms with E-state index in [9.17, 15) is 0 Å². The highest BCUT2D eigenvalue weighted by Gasteiger charge is 2.12. The number of hydrogen-bond acceptors (Lipinski definition) is 2. The van der Waals surface area contributed by atoms with Crippen LogP contribution in [0.15, 0.2) is 30.3 Å². The molecule has 0 heterocycles. The Labute approximate surface area is 148 Å². The molecule has 0 aliphatic rings. The first kappa shape index (κ1) is 18.1. The first-order valence-electron chi connectivity index (χ1n) is 8.51. The lowest BCUT2D eigenvalue weighted by atomic mass is 10.0. The fraction of sp³-hybridized carbons (Fsp3) is 0.500. The van der Waals surface area contributed by atoms with Gasteiger partial charge in [0.15, 0.2) is 0 Å². The Balaban J connectivity index is 2.27. The maximum Gasteiger partial charge on any atom is 0.130 e. The van der Waals surface area contributed by atoms with Crippen LogP contribution in [0.5, 0.6) is 11.5 Å². The first-order valence-corrected chi connectivity index (χ1v) is 9.63. The van der Waals surface area contributed by atoms with E-state index < -0.39 is 0 Å². The van der Waals surface area contributed by atoms with Gasteiger partial charge < -0.3 is 9.47 Å². The molecular weight excluding hydrogens is 352 g/mol. The Morgan fingerprint density at radius 1 is 1.13 bits per heavy atom. The van der Waals surface area contributed by atoms with Gasteiger partial charge in [0.1, 0.15) is 11.5 Å². The summed E-state index contributed by atoms with van der Waals surface area (Å²) in [5.41, 5.74) is 1.14. The number of alkyl halides is 1. The van der Waals surface area contributed by atoms with Gasteiger partial charge in [-0.15, -0.1) is 0 Å². The molecule has 3 heteroatoms. The molecule has 2 nitrogen and oxygen atoms in total. The largest absolute Gasteiger partial charge is 0.493 e. The minimum Gasteiger partial charge on any atom is -0.493 e. The van der Waals surface area contributed by atoms with Crippen molar-refractivity contribution >= 4 is 26.7 Å². The molecule has 0 spiro atoms. The Hall–Kier alpha value is -1.22. The molecule has 1 unspecified atom stereocenters. The number of halogens is 1. The van der Waals surface area contributed by atoms with Crippen molar-refractivity contribution in [3.05, 3.63) is 35.9 Å². The molecule has 0 aliphatic heterocycles. The molecule has 23 heavy (non-hydrogen) atoms. The van der Waals surface area contributed by atoms with Crippen LogP contribution < -0.4 is 9.47 Å². The molecule has 0 aromatic heterocycles. The third kappa shape index (κ3) is 4.87. The quantitative estimate of drug-likeness (QED) is 0.386. The average molecular weight is 379 g/mol. The Morgan fingerprint density at radius 2 is 1.87 bits per heavy atom. The van der Waals surface area contributed by atoms with Crippen molar-refractivity contribution in [2.75, 3.05) is 18.5 Å². The van der Waals surface area contributed by atoms with Crippen LogP contribution in [-0.4, -0.2) is 18.5 Å². The summed E-state index contributed by atoms with van der Waals surface area (Å²) in [4.78, 5) is 0. The fourth-order valence-corrected chi connectivity index (χ4v) is 3.36. The Morgan fingerprint density at radius 3 is 2.57 bits per heavy atom. The minimum absolute atomic E-state index is 0.536. The molecule has 0 amide bonds. The summed E-state index contributed by atoms with van der Waals surface area (Å²) in [6.45, 7) is 8.01. The number of rotatable bonds is 9. The lowest BCUT2D eigenvalue weighted by Gasteiger charge is -2.17. The number of aryl methyl sites for hydroxylation is 1. The van der Waals surface area contributed by atoms with E-state index in [1.54, 1.807) is 0 Å². The number of fused-ring (bicyclic) bond motifs is 1. The molecule has 0 aliphatic carbocycles. The Kier molecular flexibility index (Phi) is 7.22. The van der Waals surface area contributed by atoms with Crippen LogP contribution in [0, 0.1) is 12.8 Å². The zero-order valence-electron chi connectivity index (χ0n) is 14.4. The second-order valence-corrected chi connectivity index (χ2v) is 6.96. The first-order chi connectivity index (χ1) is 11.2. The van der Waals surface area contributed by atoms with Crippen molar-refractivity contribution in [3.8, 4) is 11.5 Å². The number of benzene rings is 2. The second kappa shape index (κ2) is 9.17. The molecule has 126 valence electrons. The van der Waals surface area contributed by atoms with E-state index in [0.29, 0.717) is 5.92 Å². The van der Waals surface area contributed by atoms with Crippen molar-refractivity contribution in [1.29, 1.82) is 0 Å². The lowest BCUT2D eigenvalue weighted by molar-refractivity contribution is 0.259. The van der Waals surface area contributed by atoms with Crippen molar-refractivity contribution in [1.82, 2.24) is 0 Å². The molecule has 0 saturated carbocycles. The normalized spacial score (nSPS) is 12.3. The molecule has 0 bridgehead atoms. The van der Waals surface area contributed by atoms with Gasteiger partial charge in [-0.3, -0.25) is 0 Å². The van der Waals surface area contributed by atoms with E-state index in [1.807, 2.05) is 0 Å². The van der Waals surface area contributed by atoms with E-state index in [1.165, 1.54) is 0 Å². The highest BCUT2D eigenvalue weighted by atomic mass is 79.9. The summed E-state index contributed by atoms with van der Waals surface area (Å²) >= 11 is 3.49. The van der Waals surface area contributed by atoms with Gasteiger partial charge in [0, 0.05) is 16.1 Å². The predicted molar refractivity (Wildman–Crippen MR) is 102 cm³/mol. The summed E-state index contributed by atoms with van der Waals surface area (Å²) in [5.74, 6) is 2.49. The highest BCUT2D eigenvalue weighted by Crippen LogP contribution is 2.36. The predicted octanol–water partition coefficient (Wildman–Crippen LogP) is 6.13. The maximum atomic E-state index is 6.12. The van der Waals surface area contributed by atoms with Crippen molar-refractivity contribution in [2.24, 2.45) is 5.92 Å². The summed E-state index contributed by atoms with van der Waals surface area (Å²) < 4.78 is 12.2. The van der Waals surface area contributed by atoms with Crippen LogP contribution >= 0.6 is 15.9 Å². The molecule has 2 aromatic rings. The molecular formula is C20H27BrO2. The van der Waals surface area contributed by atoms with E-state index >= 15 is 0 Å². The fourth-order valence-electron chi connectivity index (χ4n) is 2.58. The molecule has 0 saturated heterocycles. The zero-order chi connectivity index (χ0) is 16.7. The van der Waals surface area contributed by atoms with Gasteiger partial charge in [-0.1, -0.05) is 60.5 Å². The third-order valence-electron chi connectivity index (χ3n) is 4.01. The summed E-state index contributed by atoms with van der Waals surface area (Å²) in [6.07, 6.45) is 3.34. The monoisotopic (exact) mass is 378 g/mol. The van der Waals surface area contributed by atoms with Crippen LogP contribution in [0.3, 0.4) is 0 Å². The number of unbranched alkanes of at least 4 members (excludes halogenated alkanes) is 1. The molecule has 0 radical (unpaired) electrons. The summed E-state index contributed by atoms with van der Waals surface area (Å²) in [5, 5.41) is 3.30. The standard InChI is InChI=1S/C20H27BrO2/c1-4-5-12-22-20-16(3)13-19(23-14-15(2)10-11-21)17-8-6-7-9-18(17)20/h6-9,13,15H,4-5,10-12,14H2,1-3H3. The van der Waals surface area contributed by atoms with E-state index in [0.717, 1.165) is 65.6 Å². The molecule has 2 rings (SSSR count). The van der Waals surface area contributed by atoms with Crippen molar-refractivity contribution < 1.29 is 9.47 Å². The smallest absolute Gasteiger partial charge is 0.130 e. The van der Waals surface area contributed by atoms with Gasteiger partial charge >= 0.3 is 0 Å². The topological polar surface area (TPSA) is 18.5 Å². The van der Waals surface area contributed by atoms with Crippen molar-refractivity contribution in [3.63, 3.8) is 0 Å². The lowest BCUT2D eigenvalue weighted by Crippen LogP contribution is -2.09. The van der Waals surface area contributed by atoms with Crippen LogP contribution in [0.2, 0.25) is 0 Å². The Bertz CT molecular complexity index is 624. The van der Waals surface area contributed by atoms with Gasteiger partial charge in [-0.25, -0.2) is 0 Å². The van der Waals surface area contributed by atoms with Gasteiger partial charge in [0.2, 0.25) is 0 Å². The molecule has 0 fully saturated rings. The second-order valence-electron chi connectivity index (χ2n) is 6.16. The van der Waals surface area contributed by atoms with Gasteiger partial charge in [-0.2, -0.15) is 0 Å². The molecule has 2 aromatic carbocycles. The van der Waals surface area contributed by atoms with Gasteiger partial charge in [0.25, 0.3) is 0 Å². The molecule has 0 N–H and O–H groups in total. The maximum absolute atomic E-state index is 6.12. The van der Waals surface area contributed by atoms with E-state index in [2.05, 4.69) is 67.0 Å². The van der Waals surface area contributed by atoms with Crippen LogP contribution in [0.1, 0.15) is 38.7 Å². The van der Waals surface area contributed by atoms with E-state index in [4.69, 9.17) is 9.47 Å². The third-order valence-corrected chi connectivity index (χ3v) is 4.47. The zero-order valence-corrected chi connectivity index (χ0v) is 16.0. The number of ether oxygens (including phenoxy) is 2.